The van der Waals surface area contributed by atoms with E-state index in [1.54, 1.807) is 36.9 Å². The first-order chi connectivity index (χ1) is 26.5. The maximum Gasteiger partial charge on any atom is 0.319 e. The number of anilines is 1. The molecule has 15 heteroatoms. The number of hydrogen-bond acceptors (Lipinski definition) is 10. The molecule has 55 heavy (non-hydrogen) atoms. The summed E-state index contributed by atoms with van der Waals surface area (Å²) in [5.41, 5.74) is 0.279. The number of pyridine rings is 1. The normalized spacial score (nSPS) is 21.7. The van der Waals surface area contributed by atoms with Gasteiger partial charge in [0.15, 0.2) is 11.6 Å². The Balaban J connectivity index is 1.18. The minimum Gasteiger partial charge on any atom is -0.461 e. The predicted octanol–water partition coefficient (Wildman–Crippen LogP) is 6.43. The van der Waals surface area contributed by atoms with E-state index in [9.17, 15) is 18.8 Å². The van der Waals surface area contributed by atoms with E-state index >= 15 is 8.78 Å². The van der Waals surface area contributed by atoms with Crippen molar-refractivity contribution in [3.63, 3.8) is 0 Å². The fraction of sp³-hybridized carbons (Fsp3) is 0.375. The Morgan fingerprint density at radius 2 is 1.93 bits per heavy atom. The lowest BCUT2D eigenvalue weighted by Gasteiger charge is -2.41. The van der Waals surface area contributed by atoms with E-state index in [1.165, 1.54) is 29.4 Å². The third kappa shape index (κ3) is 6.69. The van der Waals surface area contributed by atoms with Crippen LogP contribution in [-0.4, -0.2) is 97.7 Å². The molecule has 8 rings (SSSR count). The van der Waals surface area contributed by atoms with Crippen LogP contribution in [0.15, 0.2) is 54.6 Å². The lowest BCUT2D eigenvalue weighted by atomic mass is 9.95. The lowest BCUT2D eigenvalue weighted by Crippen LogP contribution is -2.55. The molecule has 0 spiro atoms. The Bertz CT molecular complexity index is 2410. The summed E-state index contributed by atoms with van der Waals surface area (Å²) >= 11 is 0. The Kier molecular flexibility index (Phi) is 9.54. The number of aromatic nitrogens is 5. The van der Waals surface area contributed by atoms with Crippen LogP contribution < -0.4 is 9.64 Å². The molecule has 1 amide bonds. The van der Waals surface area contributed by atoms with Crippen molar-refractivity contribution in [3.8, 4) is 23.3 Å². The second-order valence-electron chi connectivity index (χ2n) is 14.4. The number of halogens is 4. The van der Waals surface area contributed by atoms with Gasteiger partial charge in [0.2, 0.25) is 0 Å². The van der Waals surface area contributed by atoms with Gasteiger partial charge in [-0.3, -0.25) is 14.7 Å². The standard InChI is InChI=1S/C40H37F4N9O2/c1-23-31(42)8-7-25-5-3-6-29(33(23)25)35-34(44)36-30(19-47-35)37(50-39(49-36)55-22-40-11-4-14-52(40)20-26(41)18-40)51-15-16-53(28(21-51)9-12-45)38(54)32(43)17-27-10-13-46-24(2)48-27/h3,5-8,10,13,17,19,26,28H,4,9,11,14-16,18,20-22H2,1-2H3/b32-17-/t26-,28+,40+/m1/s1. The quantitative estimate of drug-likeness (QED) is 0.130. The summed E-state index contributed by atoms with van der Waals surface area (Å²) in [6, 6.07) is 10.9. The van der Waals surface area contributed by atoms with Crippen LogP contribution in [0.2, 0.25) is 0 Å². The van der Waals surface area contributed by atoms with Gasteiger partial charge >= 0.3 is 6.01 Å². The van der Waals surface area contributed by atoms with Gasteiger partial charge in [-0.05, 0) is 61.7 Å². The Morgan fingerprint density at radius 3 is 2.75 bits per heavy atom. The first-order valence-electron chi connectivity index (χ1n) is 18.2. The maximum atomic E-state index is 17.0. The first kappa shape index (κ1) is 36.2. The van der Waals surface area contributed by atoms with Crippen LogP contribution in [0.4, 0.5) is 23.4 Å². The van der Waals surface area contributed by atoms with Crippen LogP contribution in [0.5, 0.6) is 6.01 Å². The fourth-order valence-electron chi connectivity index (χ4n) is 8.37. The van der Waals surface area contributed by atoms with Gasteiger partial charge < -0.3 is 14.5 Å². The molecule has 0 bridgehead atoms. The molecule has 3 saturated heterocycles. The molecule has 3 aliphatic heterocycles. The third-order valence-electron chi connectivity index (χ3n) is 11.0. The SMILES string of the molecule is Cc1nccc(/C=C(\F)C(=O)N2CCN(c3nc(OC[C@@]45CCCN4C[C@H](F)C5)nc4c(F)c(-c5cccc6ccc(F)c(C)c56)ncc34)C[C@@H]2CC#N)n1. The van der Waals surface area contributed by atoms with Crippen molar-refractivity contribution in [3.05, 3.63) is 83.3 Å². The third-order valence-corrected chi connectivity index (χ3v) is 11.0. The zero-order valence-electron chi connectivity index (χ0n) is 30.3. The summed E-state index contributed by atoms with van der Waals surface area (Å²) in [6.07, 6.45) is 4.78. The van der Waals surface area contributed by atoms with E-state index in [4.69, 9.17) is 9.72 Å². The smallest absolute Gasteiger partial charge is 0.319 e. The van der Waals surface area contributed by atoms with Crippen LogP contribution in [0.3, 0.4) is 0 Å². The average Bonchev–Trinajstić information content (AvgIpc) is 3.71. The van der Waals surface area contributed by atoms with Crippen LogP contribution in [0, 0.1) is 36.8 Å². The van der Waals surface area contributed by atoms with Gasteiger partial charge in [-0.1, -0.05) is 24.3 Å². The largest absolute Gasteiger partial charge is 0.461 e. The Morgan fingerprint density at radius 1 is 1.07 bits per heavy atom. The number of nitrogens with zero attached hydrogens (tertiary/aromatic N) is 9. The van der Waals surface area contributed by atoms with Crippen molar-refractivity contribution in [1.82, 2.24) is 34.7 Å². The van der Waals surface area contributed by atoms with Crippen LogP contribution >= 0.6 is 0 Å². The molecule has 0 N–H and O–H groups in total. The van der Waals surface area contributed by atoms with Gasteiger partial charge in [0.1, 0.15) is 41.4 Å². The van der Waals surface area contributed by atoms with Crippen molar-refractivity contribution >= 4 is 39.5 Å². The second kappa shape index (κ2) is 14.5. The molecular weight excluding hydrogens is 714 g/mol. The highest BCUT2D eigenvalue weighted by Crippen LogP contribution is 2.41. The monoisotopic (exact) mass is 751 g/mol. The summed E-state index contributed by atoms with van der Waals surface area (Å²) < 4.78 is 68.0. The number of ether oxygens (including phenoxy) is 1. The molecule has 5 aromatic rings. The number of benzene rings is 2. The zero-order chi connectivity index (χ0) is 38.4. The minimum atomic E-state index is -1.04. The Labute approximate surface area is 314 Å². The zero-order valence-corrected chi connectivity index (χ0v) is 30.3. The molecule has 11 nitrogen and oxygen atoms in total. The summed E-state index contributed by atoms with van der Waals surface area (Å²) in [6.45, 7) is 4.65. The van der Waals surface area contributed by atoms with Gasteiger partial charge in [-0.2, -0.15) is 15.2 Å². The molecule has 0 radical (unpaired) electrons. The summed E-state index contributed by atoms with van der Waals surface area (Å²) in [7, 11) is 0. The summed E-state index contributed by atoms with van der Waals surface area (Å²) in [5, 5.41) is 11.2. The van der Waals surface area contributed by atoms with E-state index in [2.05, 4.69) is 30.9 Å². The van der Waals surface area contributed by atoms with Crippen LogP contribution in [-0.2, 0) is 4.79 Å². The molecule has 0 saturated carbocycles. The number of carbonyl (C=O) groups is 1. The van der Waals surface area contributed by atoms with Crippen molar-refractivity contribution in [1.29, 1.82) is 5.26 Å². The fourth-order valence-corrected chi connectivity index (χ4v) is 8.37. The first-order valence-corrected chi connectivity index (χ1v) is 18.2. The molecule has 0 unspecified atom stereocenters. The van der Waals surface area contributed by atoms with Gasteiger partial charge in [0, 0.05) is 56.6 Å². The van der Waals surface area contributed by atoms with E-state index in [-0.39, 0.29) is 66.8 Å². The van der Waals surface area contributed by atoms with Crippen molar-refractivity contribution in [2.45, 2.75) is 57.3 Å². The van der Waals surface area contributed by atoms with Crippen molar-refractivity contribution < 1.29 is 27.1 Å². The highest BCUT2D eigenvalue weighted by Gasteiger charge is 2.49. The lowest BCUT2D eigenvalue weighted by molar-refractivity contribution is -0.131. The van der Waals surface area contributed by atoms with Gasteiger partial charge in [0.05, 0.1) is 35.2 Å². The molecule has 2 aromatic carbocycles. The number of aryl methyl sites for hydroxylation is 2. The number of rotatable bonds is 8. The Hall–Kier alpha value is -5.75. The molecular formula is C40H37F4N9O2. The predicted molar refractivity (Wildman–Crippen MR) is 197 cm³/mol. The highest BCUT2D eigenvalue weighted by atomic mass is 19.1. The topological polar surface area (TPSA) is 124 Å². The highest BCUT2D eigenvalue weighted by molar-refractivity contribution is 6.01. The number of piperazine rings is 1. The van der Waals surface area contributed by atoms with Gasteiger partial charge in [-0.25, -0.2) is 27.5 Å². The number of nitriles is 1. The molecule has 3 atom stereocenters. The van der Waals surface area contributed by atoms with E-state index in [0.29, 0.717) is 40.7 Å². The molecule has 3 aliphatic rings. The van der Waals surface area contributed by atoms with Crippen molar-refractivity contribution in [2.75, 3.05) is 44.2 Å². The van der Waals surface area contributed by atoms with Crippen LogP contribution in [0.25, 0.3) is 39.0 Å². The molecule has 3 fully saturated rings. The molecule has 3 aromatic heterocycles. The molecule has 6 heterocycles. The van der Waals surface area contributed by atoms with Gasteiger partial charge in [-0.15, -0.1) is 0 Å². The van der Waals surface area contributed by atoms with Crippen LogP contribution in [0.1, 0.15) is 42.8 Å². The average molecular weight is 752 g/mol. The van der Waals surface area contributed by atoms with Gasteiger partial charge in [0.25, 0.3) is 5.91 Å². The minimum absolute atomic E-state index is 0.0156. The number of carbonyl (C=O) groups excluding carboxylic acids is 1. The number of fused-ring (bicyclic) bond motifs is 3. The maximum absolute atomic E-state index is 17.0. The summed E-state index contributed by atoms with van der Waals surface area (Å²) in [5.74, 6) is -2.48. The molecule has 282 valence electrons. The second-order valence-corrected chi connectivity index (χ2v) is 14.4. The van der Waals surface area contributed by atoms with E-state index < -0.39 is 41.1 Å². The summed E-state index contributed by atoms with van der Waals surface area (Å²) in [4.78, 5) is 40.5. The van der Waals surface area contributed by atoms with E-state index in [1.807, 2.05) is 6.07 Å². The number of hydrogen-bond donors (Lipinski definition) is 0. The van der Waals surface area contributed by atoms with Crippen molar-refractivity contribution in [2.24, 2.45) is 0 Å². The number of alkyl halides is 1. The molecule has 0 aliphatic carbocycles. The van der Waals surface area contributed by atoms with E-state index in [0.717, 1.165) is 25.5 Å². The number of amides is 1.